The average molecular weight is 351 g/mol. The minimum Gasteiger partial charge on any atom is -0.450 e. The molecule has 0 bridgehead atoms. The molecular weight excluding hydrogens is 322 g/mol. The number of hydrogen-bond donors (Lipinski definition) is 2. The molecule has 140 valence electrons. The summed E-state index contributed by atoms with van der Waals surface area (Å²) in [5.74, 6) is 2.12. The van der Waals surface area contributed by atoms with Crippen LogP contribution in [-0.2, 0) is 18.3 Å². The van der Waals surface area contributed by atoms with E-state index < -0.39 is 0 Å². The van der Waals surface area contributed by atoms with Crippen molar-refractivity contribution in [3.63, 3.8) is 0 Å². The molecule has 1 amide bonds. The number of aliphatic imine (C=N–C) groups is 1. The maximum absolute atomic E-state index is 11.7. The van der Waals surface area contributed by atoms with Gasteiger partial charge in [0.2, 0.25) is 0 Å². The lowest BCUT2D eigenvalue weighted by Gasteiger charge is -2.23. The Balaban J connectivity index is 1.98. The average Bonchev–Trinajstić information content (AvgIpc) is 3.34. The lowest BCUT2D eigenvalue weighted by Crippen LogP contribution is -2.42. The molecule has 1 aliphatic carbocycles. The largest absolute Gasteiger partial charge is 0.450 e. The predicted octanol–water partition coefficient (Wildman–Crippen LogP) is 0.737. The summed E-state index contributed by atoms with van der Waals surface area (Å²) in [6, 6.07) is 0.0101. The monoisotopic (exact) mass is 351 g/mol. The molecular formula is C16H29N7O2. The van der Waals surface area contributed by atoms with E-state index in [1.165, 1.54) is 0 Å². The van der Waals surface area contributed by atoms with E-state index >= 15 is 0 Å². The van der Waals surface area contributed by atoms with Crippen LogP contribution in [-0.4, -0.2) is 64.5 Å². The second kappa shape index (κ2) is 9.24. The Morgan fingerprint density at radius 1 is 1.52 bits per heavy atom. The molecule has 9 heteroatoms. The summed E-state index contributed by atoms with van der Waals surface area (Å²) in [5.41, 5.74) is 0. The Bertz CT molecular complexity index is 583. The summed E-state index contributed by atoms with van der Waals surface area (Å²) in [5, 5.41) is 10.3. The number of amides is 1. The van der Waals surface area contributed by atoms with Crippen LogP contribution in [0, 0.1) is 5.92 Å². The number of guanidine groups is 1. The van der Waals surface area contributed by atoms with Gasteiger partial charge in [0.25, 0.3) is 0 Å². The predicted molar refractivity (Wildman–Crippen MR) is 95.1 cm³/mol. The highest BCUT2D eigenvalue weighted by atomic mass is 16.5. The zero-order valence-corrected chi connectivity index (χ0v) is 15.5. The minimum atomic E-state index is -0.368. The van der Waals surface area contributed by atoms with Crippen LogP contribution in [0.5, 0.6) is 0 Å². The Morgan fingerprint density at radius 2 is 2.28 bits per heavy atom. The fourth-order valence-electron chi connectivity index (χ4n) is 2.54. The molecule has 1 heterocycles. The van der Waals surface area contributed by atoms with Gasteiger partial charge < -0.3 is 20.3 Å². The molecule has 1 aromatic heterocycles. The van der Waals surface area contributed by atoms with Gasteiger partial charge in [-0.3, -0.25) is 9.67 Å². The van der Waals surface area contributed by atoms with Gasteiger partial charge in [0.05, 0.1) is 25.7 Å². The summed E-state index contributed by atoms with van der Waals surface area (Å²) >= 11 is 0. The summed E-state index contributed by atoms with van der Waals surface area (Å²) < 4.78 is 6.74. The second-order valence-corrected chi connectivity index (χ2v) is 6.16. The maximum Gasteiger partial charge on any atom is 0.407 e. The van der Waals surface area contributed by atoms with Gasteiger partial charge >= 0.3 is 6.09 Å². The molecule has 0 saturated heterocycles. The van der Waals surface area contributed by atoms with E-state index in [0.717, 1.165) is 31.2 Å². The first-order valence-corrected chi connectivity index (χ1v) is 8.80. The first-order chi connectivity index (χ1) is 12.0. The van der Waals surface area contributed by atoms with Crippen molar-refractivity contribution >= 4 is 12.1 Å². The number of alkyl carbamates (subject to hydrolysis) is 1. The van der Waals surface area contributed by atoms with Gasteiger partial charge in [0.15, 0.2) is 5.96 Å². The van der Waals surface area contributed by atoms with Gasteiger partial charge in [-0.25, -0.2) is 9.78 Å². The number of nitrogens with one attached hydrogen (secondary N) is 2. The van der Waals surface area contributed by atoms with E-state index in [2.05, 4.69) is 20.7 Å². The number of carbonyl (C=O) groups excluding carboxylic acids is 1. The molecule has 1 atom stereocenters. The van der Waals surface area contributed by atoms with Gasteiger partial charge in [-0.2, -0.15) is 5.10 Å². The third-order valence-electron chi connectivity index (χ3n) is 4.09. The highest BCUT2D eigenvalue weighted by molar-refractivity contribution is 5.79. The van der Waals surface area contributed by atoms with Crippen LogP contribution < -0.4 is 10.6 Å². The number of aromatic nitrogens is 3. The SMILES string of the molecule is CCNC(=NCC(NC(=O)OCC)C1CC1)N(C)Cc1ncnn1C. The molecule has 1 aromatic rings. The Morgan fingerprint density at radius 3 is 2.84 bits per heavy atom. The van der Waals surface area contributed by atoms with Gasteiger partial charge in [0.1, 0.15) is 12.2 Å². The van der Waals surface area contributed by atoms with Crippen molar-refractivity contribution in [3.8, 4) is 0 Å². The van der Waals surface area contributed by atoms with E-state index in [1.54, 1.807) is 17.9 Å². The van der Waals surface area contributed by atoms with Crippen molar-refractivity contribution in [2.24, 2.45) is 18.0 Å². The van der Waals surface area contributed by atoms with Crippen LogP contribution >= 0.6 is 0 Å². The van der Waals surface area contributed by atoms with Crippen LogP contribution in [0.2, 0.25) is 0 Å². The summed E-state index contributed by atoms with van der Waals surface area (Å²) in [6.45, 7) is 6.09. The van der Waals surface area contributed by atoms with E-state index in [9.17, 15) is 4.79 Å². The molecule has 0 aliphatic heterocycles. The van der Waals surface area contributed by atoms with E-state index in [-0.39, 0.29) is 12.1 Å². The van der Waals surface area contributed by atoms with Crippen molar-refractivity contribution in [3.05, 3.63) is 12.2 Å². The lowest BCUT2D eigenvalue weighted by atomic mass is 10.2. The molecule has 1 unspecified atom stereocenters. The summed E-state index contributed by atoms with van der Waals surface area (Å²) in [4.78, 5) is 22.7. The van der Waals surface area contributed by atoms with Gasteiger partial charge in [0, 0.05) is 20.6 Å². The number of carbonyl (C=O) groups is 1. The number of rotatable bonds is 8. The topological polar surface area (TPSA) is 96.7 Å². The normalized spacial score (nSPS) is 15.6. The molecule has 2 rings (SSSR count). The van der Waals surface area contributed by atoms with Gasteiger partial charge in [-0.1, -0.05) is 0 Å². The van der Waals surface area contributed by atoms with E-state index in [0.29, 0.717) is 25.6 Å². The number of nitrogens with zero attached hydrogens (tertiary/aromatic N) is 5. The number of ether oxygens (including phenoxy) is 1. The molecule has 1 fully saturated rings. The summed E-state index contributed by atoms with van der Waals surface area (Å²) in [7, 11) is 3.83. The van der Waals surface area contributed by atoms with Crippen molar-refractivity contribution in [2.75, 3.05) is 26.7 Å². The fraction of sp³-hybridized carbons (Fsp3) is 0.750. The first-order valence-electron chi connectivity index (χ1n) is 8.80. The quantitative estimate of drug-likeness (QED) is 0.530. The maximum atomic E-state index is 11.7. The fourth-order valence-corrected chi connectivity index (χ4v) is 2.54. The smallest absolute Gasteiger partial charge is 0.407 e. The third-order valence-corrected chi connectivity index (χ3v) is 4.09. The molecule has 25 heavy (non-hydrogen) atoms. The molecule has 0 radical (unpaired) electrons. The molecule has 0 spiro atoms. The van der Waals surface area contributed by atoms with E-state index in [4.69, 9.17) is 9.73 Å². The van der Waals surface area contributed by atoms with E-state index in [1.807, 2.05) is 25.9 Å². The van der Waals surface area contributed by atoms with Gasteiger partial charge in [-0.15, -0.1) is 0 Å². The number of hydrogen-bond acceptors (Lipinski definition) is 5. The van der Waals surface area contributed by atoms with Crippen molar-refractivity contribution in [2.45, 2.75) is 39.3 Å². The molecule has 0 aromatic carbocycles. The Hall–Kier alpha value is -2.32. The van der Waals surface area contributed by atoms with Crippen molar-refractivity contribution < 1.29 is 9.53 Å². The first kappa shape index (κ1) is 19.0. The van der Waals surface area contributed by atoms with Crippen molar-refractivity contribution in [1.29, 1.82) is 0 Å². The zero-order valence-electron chi connectivity index (χ0n) is 15.5. The second-order valence-electron chi connectivity index (χ2n) is 6.16. The zero-order chi connectivity index (χ0) is 18.2. The molecule has 2 N–H and O–H groups in total. The molecule has 1 aliphatic rings. The highest BCUT2D eigenvalue weighted by Gasteiger charge is 2.32. The standard InChI is InChI=1S/C16H29N7O2/c1-5-17-15(22(3)10-14-19-11-20-23(14)4)18-9-13(12-7-8-12)21-16(24)25-6-2/h11-13H,5-10H2,1-4H3,(H,17,18)(H,21,24). The lowest BCUT2D eigenvalue weighted by molar-refractivity contribution is 0.147. The third kappa shape index (κ3) is 5.91. The van der Waals surface area contributed by atoms with Crippen molar-refractivity contribution in [1.82, 2.24) is 30.3 Å². The van der Waals surface area contributed by atoms with Crippen LogP contribution in [0.25, 0.3) is 0 Å². The Kier molecular flexibility index (Phi) is 7.03. The molecule has 9 nitrogen and oxygen atoms in total. The summed E-state index contributed by atoms with van der Waals surface area (Å²) in [6.07, 6.45) is 3.42. The van der Waals surface area contributed by atoms with Crippen LogP contribution in [0.15, 0.2) is 11.3 Å². The highest BCUT2D eigenvalue weighted by Crippen LogP contribution is 2.32. The number of aryl methyl sites for hydroxylation is 1. The van der Waals surface area contributed by atoms with Crippen LogP contribution in [0.4, 0.5) is 4.79 Å². The van der Waals surface area contributed by atoms with Crippen LogP contribution in [0.1, 0.15) is 32.5 Å². The molecule has 1 saturated carbocycles. The van der Waals surface area contributed by atoms with Crippen LogP contribution in [0.3, 0.4) is 0 Å². The minimum absolute atomic E-state index is 0.0101. The Labute approximate surface area is 148 Å². The van der Waals surface area contributed by atoms with Gasteiger partial charge in [-0.05, 0) is 32.6 Å².